The molecule has 0 saturated carbocycles. The topological polar surface area (TPSA) is 68.8 Å². The minimum atomic E-state index is -1.10. The lowest BCUT2D eigenvalue weighted by Crippen LogP contribution is -2.65. The van der Waals surface area contributed by atoms with Crippen LogP contribution in [-0.2, 0) is 21.5 Å². The van der Waals surface area contributed by atoms with Crippen LogP contribution in [0.5, 0.6) is 0 Å². The second kappa shape index (κ2) is 6.46. The highest BCUT2D eigenvalue weighted by molar-refractivity contribution is 6.30. The zero-order chi connectivity index (χ0) is 20.2. The number of hydrazone groups is 1. The molecule has 6 nitrogen and oxygen atoms in total. The van der Waals surface area contributed by atoms with Crippen molar-refractivity contribution in [1.29, 1.82) is 0 Å². The number of carbonyl (C=O) groups is 2. The minimum Gasteiger partial charge on any atom is -0.356 e. The summed E-state index contributed by atoms with van der Waals surface area (Å²) in [5.74, 6) is -0.320. The number of piperazine rings is 1. The maximum absolute atomic E-state index is 13.5. The van der Waals surface area contributed by atoms with Gasteiger partial charge in [0, 0.05) is 22.5 Å². The fourth-order valence-corrected chi connectivity index (χ4v) is 4.49. The summed E-state index contributed by atoms with van der Waals surface area (Å²) in [7, 11) is 0. The van der Waals surface area contributed by atoms with E-state index >= 15 is 0 Å². The van der Waals surface area contributed by atoms with E-state index in [4.69, 9.17) is 11.6 Å². The summed E-state index contributed by atoms with van der Waals surface area (Å²) in [5.41, 5.74) is 2.57. The van der Waals surface area contributed by atoms with Gasteiger partial charge in [0.1, 0.15) is 6.54 Å². The number of aromatic nitrogens is 1. The third-order valence-electron chi connectivity index (χ3n) is 5.88. The molecule has 1 saturated heterocycles. The van der Waals surface area contributed by atoms with Gasteiger partial charge in [0.05, 0.1) is 11.9 Å². The van der Waals surface area contributed by atoms with E-state index in [2.05, 4.69) is 16.2 Å². The molecule has 1 fully saturated rings. The molecule has 0 unspecified atom stereocenters. The molecule has 3 heterocycles. The Morgan fingerprint density at radius 2 is 1.90 bits per heavy atom. The van der Waals surface area contributed by atoms with Gasteiger partial charge in [-0.15, -0.1) is 0 Å². The lowest BCUT2D eigenvalue weighted by molar-refractivity contribution is -0.165. The zero-order valence-electron chi connectivity index (χ0n) is 15.9. The number of nitrogens with one attached hydrogen (secondary N) is 1. The van der Waals surface area contributed by atoms with Crippen LogP contribution >= 0.6 is 11.6 Å². The average Bonchev–Trinajstić information content (AvgIpc) is 3.11. The maximum atomic E-state index is 13.5. The fourth-order valence-electron chi connectivity index (χ4n) is 4.37. The van der Waals surface area contributed by atoms with Crippen molar-refractivity contribution in [2.24, 2.45) is 5.10 Å². The largest absolute Gasteiger partial charge is 0.356 e. The van der Waals surface area contributed by atoms with E-state index in [0.29, 0.717) is 11.6 Å². The number of fused-ring (bicyclic) bond motifs is 5. The van der Waals surface area contributed by atoms with Gasteiger partial charge in [0.25, 0.3) is 5.91 Å². The quantitative estimate of drug-likeness (QED) is 0.663. The number of benzene rings is 2. The van der Waals surface area contributed by atoms with Crippen LogP contribution in [-0.4, -0.2) is 46.0 Å². The number of H-pyrrole nitrogens is 1. The summed E-state index contributed by atoms with van der Waals surface area (Å²) in [6.07, 6.45) is 2.30. The summed E-state index contributed by atoms with van der Waals surface area (Å²) in [4.78, 5) is 31.5. The van der Waals surface area contributed by atoms with E-state index in [1.54, 1.807) is 23.2 Å². The molecular weight excluding hydrogens is 388 g/mol. The molecule has 7 heteroatoms. The Balaban J connectivity index is 1.56. The predicted molar refractivity (Wildman–Crippen MR) is 112 cm³/mol. The van der Waals surface area contributed by atoms with Gasteiger partial charge < -0.3 is 9.88 Å². The van der Waals surface area contributed by atoms with Crippen LogP contribution in [0.4, 0.5) is 0 Å². The van der Waals surface area contributed by atoms with Crippen molar-refractivity contribution in [2.45, 2.75) is 18.9 Å². The summed E-state index contributed by atoms with van der Waals surface area (Å²) in [6, 6.07) is 15.1. The van der Waals surface area contributed by atoms with Crippen LogP contribution in [0.1, 0.15) is 23.7 Å². The Hall–Kier alpha value is -3.12. The van der Waals surface area contributed by atoms with Gasteiger partial charge in [0.2, 0.25) is 5.91 Å². The number of nitrogens with zero attached hydrogens (tertiary/aromatic N) is 3. The highest BCUT2D eigenvalue weighted by Gasteiger charge is 2.54. The molecule has 3 aromatic rings. The molecule has 5 rings (SSSR count). The zero-order valence-corrected chi connectivity index (χ0v) is 16.6. The molecule has 2 aliphatic heterocycles. The smallest absolute Gasteiger partial charge is 0.275 e. The number of aromatic amines is 1. The van der Waals surface area contributed by atoms with Crippen molar-refractivity contribution < 1.29 is 9.59 Å². The molecular formula is C22H19ClN4O2. The van der Waals surface area contributed by atoms with Gasteiger partial charge in [-0.25, -0.2) is 5.01 Å². The van der Waals surface area contributed by atoms with E-state index in [0.717, 1.165) is 34.1 Å². The monoisotopic (exact) mass is 406 g/mol. The van der Waals surface area contributed by atoms with Crippen LogP contribution in [0, 0.1) is 0 Å². The van der Waals surface area contributed by atoms with E-state index in [9.17, 15) is 9.59 Å². The van der Waals surface area contributed by atoms with Gasteiger partial charge >= 0.3 is 0 Å². The Morgan fingerprint density at radius 3 is 2.69 bits per heavy atom. The lowest BCUT2D eigenvalue weighted by Gasteiger charge is -2.48. The number of carbonyl (C=O) groups excluding carboxylic acids is 2. The predicted octanol–water partition coefficient (Wildman–Crippen LogP) is 3.30. The third kappa shape index (κ3) is 2.67. The number of hydrogen-bond acceptors (Lipinski definition) is 3. The molecule has 0 radical (unpaired) electrons. The maximum Gasteiger partial charge on any atom is 0.275 e. The van der Waals surface area contributed by atoms with Gasteiger partial charge in [-0.1, -0.05) is 41.9 Å². The Morgan fingerprint density at radius 1 is 1.14 bits per heavy atom. The van der Waals surface area contributed by atoms with Crippen molar-refractivity contribution in [2.75, 3.05) is 13.1 Å². The minimum absolute atomic E-state index is 0.0614. The lowest BCUT2D eigenvalue weighted by atomic mass is 9.83. The van der Waals surface area contributed by atoms with Crippen molar-refractivity contribution in [1.82, 2.24) is 14.9 Å². The Labute approximate surface area is 172 Å². The summed E-state index contributed by atoms with van der Waals surface area (Å²) in [5, 5.41) is 7.33. The number of amides is 2. The van der Waals surface area contributed by atoms with Crippen LogP contribution in [0.25, 0.3) is 10.9 Å². The van der Waals surface area contributed by atoms with Crippen molar-refractivity contribution in [3.8, 4) is 0 Å². The summed E-state index contributed by atoms with van der Waals surface area (Å²) in [6.45, 7) is 2.27. The Kier molecular flexibility index (Phi) is 3.99. The molecule has 2 aliphatic rings. The first-order valence-corrected chi connectivity index (χ1v) is 9.88. The average molecular weight is 407 g/mol. The van der Waals surface area contributed by atoms with Crippen LogP contribution in [0.2, 0.25) is 5.02 Å². The molecule has 29 heavy (non-hydrogen) atoms. The first kappa shape index (κ1) is 17.9. The van der Waals surface area contributed by atoms with Gasteiger partial charge in [0.15, 0.2) is 5.54 Å². The van der Waals surface area contributed by atoms with Crippen molar-refractivity contribution in [3.05, 3.63) is 70.4 Å². The first-order chi connectivity index (χ1) is 14.0. The SMILES string of the molecule is C[C@@]12C(=O)N(/N=C\c3ccc(Cl)cc3)CC(=O)N1CCc1c2[nH]c2ccccc12. The molecule has 2 aromatic carbocycles. The molecule has 146 valence electrons. The third-order valence-corrected chi connectivity index (χ3v) is 6.13. The number of hydrogen-bond donors (Lipinski definition) is 1. The van der Waals surface area contributed by atoms with Crippen molar-refractivity contribution >= 4 is 40.5 Å². The van der Waals surface area contributed by atoms with Gasteiger partial charge in [-0.3, -0.25) is 9.59 Å². The van der Waals surface area contributed by atoms with Crippen LogP contribution < -0.4 is 0 Å². The molecule has 1 aromatic heterocycles. The van der Waals surface area contributed by atoms with Gasteiger partial charge in [-0.05, 0) is 42.7 Å². The van der Waals surface area contributed by atoms with Crippen LogP contribution in [0.3, 0.4) is 0 Å². The second-order valence-electron chi connectivity index (χ2n) is 7.55. The van der Waals surface area contributed by atoms with Crippen LogP contribution in [0.15, 0.2) is 53.6 Å². The van der Waals surface area contributed by atoms with Crippen molar-refractivity contribution in [3.63, 3.8) is 0 Å². The normalized spacial score (nSPS) is 21.7. The summed E-state index contributed by atoms with van der Waals surface area (Å²) < 4.78 is 0. The standard InChI is InChI=1S/C22H19ClN4O2/c1-22-20-17(16-4-2-3-5-18(16)25-20)10-11-26(22)19(28)13-27(21(22)29)24-12-14-6-8-15(23)9-7-14/h2-9,12,25H,10-11,13H2,1H3/b24-12-/t22-/m1/s1. The number of para-hydroxylation sites is 1. The number of rotatable bonds is 2. The van der Waals surface area contributed by atoms with E-state index < -0.39 is 5.54 Å². The first-order valence-electron chi connectivity index (χ1n) is 9.50. The molecule has 0 spiro atoms. The fraction of sp³-hybridized carbons (Fsp3) is 0.227. The second-order valence-corrected chi connectivity index (χ2v) is 7.99. The van der Waals surface area contributed by atoms with E-state index in [-0.39, 0.29) is 18.4 Å². The molecule has 2 amide bonds. The molecule has 1 N–H and O–H groups in total. The molecule has 0 aliphatic carbocycles. The van der Waals surface area contributed by atoms with Gasteiger partial charge in [-0.2, -0.15) is 5.10 Å². The molecule has 1 atom stereocenters. The van der Waals surface area contributed by atoms with E-state index in [1.807, 2.05) is 37.3 Å². The van der Waals surface area contributed by atoms with E-state index in [1.165, 1.54) is 5.01 Å². The highest BCUT2D eigenvalue weighted by Crippen LogP contribution is 2.41. The molecule has 0 bridgehead atoms. The highest BCUT2D eigenvalue weighted by atomic mass is 35.5. The summed E-state index contributed by atoms with van der Waals surface area (Å²) >= 11 is 5.92. The Bertz CT molecular complexity index is 1170. The number of halogens is 1.